The highest BCUT2D eigenvalue weighted by atomic mass is 16.5. The van der Waals surface area contributed by atoms with E-state index in [4.69, 9.17) is 9.15 Å². The molecule has 2 aromatic heterocycles. The molecule has 0 saturated heterocycles. The Morgan fingerprint density at radius 1 is 1.14 bits per heavy atom. The number of carbonyl (C=O) groups is 1. The topological polar surface area (TPSA) is 105 Å². The smallest absolute Gasteiger partial charge is 0.319 e. The van der Waals surface area contributed by atoms with Gasteiger partial charge in [-0.05, 0) is 68.4 Å². The van der Waals surface area contributed by atoms with Crippen LogP contribution < -0.4 is 15.4 Å². The summed E-state index contributed by atoms with van der Waals surface area (Å²) in [6, 6.07) is 16.8. The van der Waals surface area contributed by atoms with Crippen LogP contribution in [-0.4, -0.2) is 21.6 Å². The predicted molar refractivity (Wildman–Crippen MR) is 139 cm³/mol. The summed E-state index contributed by atoms with van der Waals surface area (Å²) in [5.74, 6) is 1.24. The number of hydrogen-bond acceptors (Lipinski definition) is 5. The second kappa shape index (κ2) is 10.0. The third-order valence-electron chi connectivity index (χ3n) is 7.50. The highest BCUT2D eigenvalue weighted by molar-refractivity contribution is 5.90. The quantitative estimate of drug-likeness (QED) is 0.309. The third-order valence-corrected chi connectivity index (χ3v) is 7.50. The van der Waals surface area contributed by atoms with E-state index in [9.17, 15) is 10.1 Å². The van der Waals surface area contributed by atoms with Gasteiger partial charge in [-0.15, -0.1) is 0 Å². The summed E-state index contributed by atoms with van der Waals surface area (Å²) >= 11 is 0. The number of fused-ring (bicyclic) bond motifs is 1. The van der Waals surface area contributed by atoms with Crippen molar-refractivity contribution in [3.05, 3.63) is 77.6 Å². The molecule has 0 aliphatic heterocycles. The fourth-order valence-corrected chi connectivity index (χ4v) is 5.07. The highest BCUT2D eigenvalue weighted by Gasteiger charge is 2.27. The molecule has 4 aromatic rings. The maximum absolute atomic E-state index is 12.2. The molecule has 2 amide bonds. The Hall–Kier alpha value is -4.25. The normalized spacial score (nSPS) is 15.5. The van der Waals surface area contributed by atoms with Crippen molar-refractivity contribution in [3.8, 4) is 11.8 Å². The number of benzene rings is 2. The monoisotopic (exact) mass is 495 g/mol. The van der Waals surface area contributed by atoms with Gasteiger partial charge in [0.25, 0.3) is 0 Å². The molecule has 2 heterocycles. The maximum Gasteiger partial charge on any atom is 0.319 e. The van der Waals surface area contributed by atoms with E-state index < -0.39 is 0 Å². The van der Waals surface area contributed by atoms with Crippen LogP contribution in [0, 0.1) is 11.3 Å². The first-order valence-electron chi connectivity index (χ1n) is 12.9. The van der Waals surface area contributed by atoms with Crippen molar-refractivity contribution in [2.24, 2.45) is 0 Å². The average Bonchev–Trinajstić information content (AvgIpc) is 3.47. The van der Waals surface area contributed by atoms with E-state index in [1.807, 2.05) is 42.5 Å². The standard InChI is InChI=1S/C29H29N5O3/c30-17-25-24-12-11-23(37-18-28-31-13-14-36-28)16-27(24)34(22-5-2-6-22)26(25)15-19-7-9-21(10-8-19)33-29(35)32-20-3-1-4-20/h7-14,16,20,22H,1-6,15,18H2,(H2,32,33,35). The first-order valence-corrected chi connectivity index (χ1v) is 12.9. The van der Waals surface area contributed by atoms with E-state index in [0.717, 1.165) is 59.3 Å². The summed E-state index contributed by atoms with van der Waals surface area (Å²) in [4.78, 5) is 16.3. The maximum atomic E-state index is 12.2. The largest absolute Gasteiger partial charge is 0.484 e. The van der Waals surface area contributed by atoms with Crippen molar-refractivity contribution in [1.29, 1.82) is 5.26 Å². The molecule has 2 aliphatic rings. The molecule has 0 atom stereocenters. The number of oxazole rings is 1. The first kappa shape index (κ1) is 23.2. The zero-order chi connectivity index (χ0) is 25.2. The lowest BCUT2D eigenvalue weighted by Crippen LogP contribution is -2.41. The van der Waals surface area contributed by atoms with Crippen LogP contribution in [-0.2, 0) is 13.0 Å². The van der Waals surface area contributed by atoms with Crippen LogP contribution in [0.2, 0.25) is 0 Å². The van der Waals surface area contributed by atoms with Crippen LogP contribution in [0.5, 0.6) is 5.75 Å². The Bertz CT molecular complexity index is 1440. The molecule has 37 heavy (non-hydrogen) atoms. The summed E-state index contributed by atoms with van der Waals surface area (Å²) in [5, 5.41) is 17.0. The SMILES string of the molecule is N#Cc1c(Cc2ccc(NC(=O)NC3CCC3)cc2)n(C2CCC2)c2cc(OCc3ncco3)ccc12. The van der Waals surface area contributed by atoms with Crippen molar-refractivity contribution in [2.75, 3.05) is 5.32 Å². The summed E-state index contributed by atoms with van der Waals surface area (Å²) < 4.78 is 13.6. The number of nitriles is 1. The van der Waals surface area contributed by atoms with Crippen LogP contribution in [0.4, 0.5) is 10.5 Å². The molecule has 8 heteroatoms. The minimum atomic E-state index is -0.157. The lowest BCUT2D eigenvalue weighted by molar-refractivity contribution is 0.240. The summed E-state index contributed by atoms with van der Waals surface area (Å²) in [6.07, 6.45) is 10.4. The van der Waals surface area contributed by atoms with Crippen LogP contribution in [0.25, 0.3) is 10.9 Å². The number of carbonyl (C=O) groups excluding carboxylic acids is 1. The van der Waals surface area contributed by atoms with Gasteiger partial charge in [-0.25, -0.2) is 9.78 Å². The van der Waals surface area contributed by atoms with Gasteiger partial charge < -0.3 is 24.4 Å². The minimum Gasteiger partial charge on any atom is -0.484 e. The van der Waals surface area contributed by atoms with Crippen molar-refractivity contribution >= 4 is 22.6 Å². The molecule has 0 radical (unpaired) electrons. The van der Waals surface area contributed by atoms with Gasteiger partial charge in [-0.2, -0.15) is 5.26 Å². The Labute approximate surface area is 215 Å². The molecule has 188 valence electrons. The minimum absolute atomic E-state index is 0.157. The molecule has 6 rings (SSSR count). The lowest BCUT2D eigenvalue weighted by atomic mass is 9.92. The predicted octanol–water partition coefficient (Wildman–Crippen LogP) is 6.07. The molecular weight excluding hydrogens is 466 g/mol. The number of amides is 2. The lowest BCUT2D eigenvalue weighted by Gasteiger charge is -2.30. The number of anilines is 1. The summed E-state index contributed by atoms with van der Waals surface area (Å²) in [6.45, 7) is 0.250. The van der Waals surface area contributed by atoms with Crippen molar-refractivity contribution in [3.63, 3.8) is 0 Å². The van der Waals surface area contributed by atoms with Gasteiger partial charge in [0.1, 0.15) is 18.1 Å². The Balaban J connectivity index is 1.26. The second-order valence-electron chi connectivity index (χ2n) is 9.88. The number of rotatable bonds is 8. The molecule has 2 fully saturated rings. The Morgan fingerprint density at radius 3 is 2.59 bits per heavy atom. The molecular formula is C29H29N5O3. The van der Waals surface area contributed by atoms with Crippen molar-refractivity contribution < 1.29 is 13.9 Å². The van der Waals surface area contributed by atoms with E-state index in [-0.39, 0.29) is 12.6 Å². The Morgan fingerprint density at radius 2 is 1.95 bits per heavy atom. The zero-order valence-electron chi connectivity index (χ0n) is 20.6. The van der Waals surface area contributed by atoms with Gasteiger partial charge in [0, 0.05) is 41.3 Å². The van der Waals surface area contributed by atoms with Gasteiger partial charge in [0.05, 0.1) is 17.3 Å². The second-order valence-corrected chi connectivity index (χ2v) is 9.88. The number of nitrogens with zero attached hydrogens (tertiary/aromatic N) is 3. The van der Waals surface area contributed by atoms with Crippen molar-refractivity contribution in [2.45, 2.75) is 63.6 Å². The fourth-order valence-electron chi connectivity index (χ4n) is 5.07. The van der Waals surface area contributed by atoms with E-state index in [1.165, 1.54) is 19.1 Å². The molecule has 0 spiro atoms. The molecule has 2 N–H and O–H groups in total. The van der Waals surface area contributed by atoms with Gasteiger partial charge in [-0.3, -0.25) is 0 Å². The number of urea groups is 1. The number of hydrogen-bond donors (Lipinski definition) is 2. The van der Waals surface area contributed by atoms with Crippen LogP contribution in [0.1, 0.15) is 67.3 Å². The average molecular weight is 496 g/mol. The molecule has 2 aliphatic carbocycles. The van der Waals surface area contributed by atoms with Gasteiger partial charge >= 0.3 is 6.03 Å². The molecule has 0 unspecified atom stereocenters. The molecule has 0 bridgehead atoms. The summed E-state index contributed by atoms with van der Waals surface area (Å²) in [5.41, 5.74) is 4.60. The van der Waals surface area contributed by atoms with Crippen LogP contribution in [0.3, 0.4) is 0 Å². The number of aromatic nitrogens is 2. The van der Waals surface area contributed by atoms with Gasteiger partial charge in [0.2, 0.25) is 5.89 Å². The highest BCUT2D eigenvalue weighted by Crippen LogP contribution is 2.40. The van der Waals surface area contributed by atoms with E-state index >= 15 is 0 Å². The first-order chi connectivity index (χ1) is 18.2. The van der Waals surface area contributed by atoms with Crippen molar-refractivity contribution in [1.82, 2.24) is 14.9 Å². The number of ether oxygens (including phenoxy) is 1. The van der Waals surface area contributed by atoms with E-state index in [1.54, 1.807) is 6.20 Å². The van der Waals surface area contributed by atoms with E-state index in [2.05, 4.69) is 26.3 Å². The summed E-state index contributed by atoms with van der Waals surface area (Å²) in [7, 11) is 0. The molecule has 8 nitrogen and oxygen atoms in total. The zero-order valence-corrected chi connectivity index (χ0v) is 20.6. The molecule has 2 saturated carbocycles. The van der Waals surface area contributed by atoms with Crippen LogP contribution >= 0.6 is 0 Å². The van der Waals surface area contributed by atoms with Gasteiger partial charge in [0.15, 0.2) is 6.61 Å². The fraction of sp³-hybridized carbons (Fsp3) is 0.345. The molecule has 2 aromatic carbocycles. The van der Waals surface area contributed by atoms with Crippen LogP contribution in [0.15, 0.2) is 59.3 Å². The Kier molecular flexibility index (Phi) is 6.27. The number of nitrogens with one attached hydrogen (secondary N) is 2. The van der Waals surface area contributed by atoms with Gasteiger partial charge in [-0.1, -0.05) is 12.1 Å². The third kappa shape index (κ3) is 4.77. The van der Waals surface area contributed by atoms with E-state index in [0.29, 0.717) is 30.0 Å².